The van der Waals surface area contributed by atoms with Crippen LogP contribution in [0.4, 0.5) is 5.95 Å². The zero-order valence-corrected chi connectivity index (χ0v) is 12.1. The van der Waals surface area contributed by atoms with Crippen LogP contribution >= 0.6 is 0 Å². The van der Waals surface area contributed by atoms with Crippen LogP contribution in [-0.2, 0) is 0 Å². The molecule has 0 bridgehead atoms. The van der Waals surface area contributed by atoms with Crippen molar-refractivity contribution in [1.82, 2.24) is 9.55 Å². The van der Waals surface area contributed by atoms with Crippen molar-refractivity contribution >= 4 is 33.9 Å². The summed E-state index contributed by atoms with van der Waals surface area (Å²) in [5.41, 5.74) is 8.64. The molecule has 0 fully saturated rings. The van der Waals surface area contributed by atoms with E-state index in [0.717, 1.165) is 27.8 Å². The highest BCUT2D eigenvalue weighted by atomic mass is 16.3. The Morgan fingerprint density at radius 2 is 1.91 bits per heavy atom. The number of rotatable bonds is 1. The Bertz CT molecular complexity index is 1040. The van der Waals surface area contributed by atoms with Gasteiger partial charge in [0.15, 0.2) is 17.9 Å². The fourth-order valence-corrected chi connectivity index (χ4v) is 3.04. The maximum absolute atomic E-state index is 5.99. The summed E-state index contributed by atoms with van der Waals surface area (Å²) in [5.74, 6) is 1.74. The van der Waals surface area contributed by atoms with Crippen molar-refractivity contribution in [3.05, 3.63) is 60.4 Å². The van der Waals surface area contributed by atoms with Gasteiger partial charge in [0.25, 0.3) is 0 Å². The Labute approximate surface area is 131 Å². The van der Waals surface area contributed by atoms with Gasteiger partial charge >= 0.3 is 0 Å². The van der Waals surface area contributed by atoms with Gasteiger partial charge in [-0.05, 0) is 24.3 Å². The van der Waals surface area contributed by atoms with Crippen LogP contribution in [0.5, 0.6) is 0 Å². The van der Waals surface area contributed by atoms with Gasteiger partial charge in [-0.25, -0.2) is 9.98 Å². The summed E-state index contributed by atoms with van der Waals surface area (Å²) in [5, 5.41) is 4.06. The van der Waals surface area contributed by atoms with Gasteiger partial charge in [-0.1, -0.05) is 30.3 Å². The summed E-state index contributed by atoms with van der Waals surface area (Å²) < 4.78 is 8.00. The molecule has 2 aromatic carbocycles. The van der Waals surface area contributed by atoms with Gasteiger partial charge in [0.1, 0.15) is 5.58 Å². The highest BCUT2D eigenvalue weighted by Crippen LogP contribution is 2.34. The lowest BCUT2D eigenvalue weighted by atomic mass is 10.2. The molecular formula is C17H13N5O. The lowest BCUT2D eigenvalue weighted by Gasteiger charge is -2.21. The van der Waals surface area contributed by atoms with E-state index in [2.05, 4.69) is 15.3 Å². The molecule has 0 radical (unpaired) electrons. The topological polar surface area (TPSA) is 81.4 Å². The third kappa shape index (κ3) is 1.75. The molecule has 6 nitrogen and oxygen atoms in total. The van der Waals surface area contributed by atoms with Crippen molar-refractivity contribution in [2.24, 2.45) is 10.7 Å². The number of imidazole rings is 1. The van der Waals surface area contributed by atoms with E-state index in [9.17, 15) is 0 Å². The van der Waals surface area contributed by atoms with Crippen molar-refractivity contribution in [2.45, 2.75) is 6.17 Å². The summed E-state index contributed by atoms with van der Waals surface area (Å²) in [6, 6.07) is 17.8. The second-order valence-corrected chi connectivity index (χ2v) is 5.49. The highest BCUT2D eigenvalue weighted by molar-refractivity contribution is 5.94. The predicted molar refractivity (Wildman–Crippen MR) is 89.3 cm³/mol. The second kappa shape index (κ2) is 4.36. The molecule has 4 aromatic rings. The van der Waals surface area contributed by atoms with E-state index in [0.29, 0.717) is 11.9 Å². The molecule has 0 saturated carbocycles. The van der Waals surface area contributed by atoms with Crippen molar-refractivity contribution in [1.29, 1.82) is 0 Å². The molecule has 6 heteroatoms. The summed E-state index contributed by atoms with van der Waals surface area (Å²) in [6.07, 6.45) is -0.369. The molecule has 112 valence electrons. The SMILES string of the molecule is NC1=N[C@H](c2cc3ccccc3o2)n2c(nc3ccccc32)N1. The van der Waals surface area contributed by atoms with E-state index in [-0.39, 0.29) is 6.17 Å². The Balaban J connectivity index is 1.77. The van der Waals surface area contributed by atoms with E-state index in [1.807, 2.05) is 59.2 Å². The lowest BCUT2D eigenvalue weighted by Crippen LogP contribution is -2.31. The number of fused-ring (bicyclic) bond motifs is 4. The molecule has 0 amide bonds. The fourth-order valence-electron chi connectivity index (χ4n) is 3.04. The first-order valence-corrected chi connectivity index (χ1v) is 7.35. The molecule has 2 aromatic heterocycles. The number of aromatic nitrogens is 2. The maximum atomic E-state index is 5.99. The van der Waals surface area contributed by atoms with Crippen LogP contribution in [0.2, 0.25) is 0 Å². The molecular weight excluding hydrogens is 290 g/mol. The largest absolute Gasteiger partial charge is 0.457 e. The molecule has 0 saturated heterocycles. The highest BCUT2D eigenvalue weighted by Gasteiger charge is 2.27. The number of guanidine groups is 1. The van der Waals surface area contributed by atoms with Crippen molar-refractivity contribution < 1.29 is 4.42 Å². The van der Waals surface area contributed by atoms with Crippen LogP contribution in [0, 0.1) is 0 Å². The normalized spacial score (nSPS) is 17.0. The standard InChI is InChI=1S/C17H13N5O/c18-16-20-15(14-9-10-5-1-4-8-13(10)23-14)22-12-7-3-2-6-11(12)19-17(22)21-16/h1-9,15H,(H3,18,19,20,21)/t15-/m0/s1. The monoisotopic (exact) mass is 303 g/mol. The minimum absolute atomic E-state index is 0.332. The number of nitrogens with two attached hydrogens (primary N) is 1. The molecule has 0 aliphatic carbocycles. The molecule has 23 heavy (non-hydrogen) atoms. The quantitative estimate of drug-likeness (QED) is 0.566. The van der Waals surface area contributed by atoms with Gasteiger partial charge in [-0.3, -0.25) is 9.88 Å². The van der Waals surface area contributed by atoms with Gasteiger partial charge in [-0.2, -0.15) is 0 Å². The van der Waals surface area contributed by atoms with E-state index in [1.54, 1.807) is 0 Å². The molecule has 5 rings (SSSR count). The van der Waals surface area contributed by atoms with Gasteiger partial charge in [0.2, 0.25) is 5.95 Å². The number of anilines is 1. The van der Waals surface area contributed by atoms with E-state index >= 15 is 0 Å². The Hall–Kier alpha value is -3.28. The van der Waals surface area contributed by atoms with Gasteiger partial charge in [0.05, 0.1) is 11.0 Å². The Morgan fingerprint density at radius 3 is 2.83 bits per heavy atom. The molecule has 3 N–H and O–H groups in total. The number of hydrogen-bond donors (Lipinski definition) is 2. The van der Waals surface area contributed by atoms with Crippen molar-refractivity contribution in [2.75, 3.05) is 5.32 Å². The van der Waals surface area contributed by atoms with Crippen LogP contribution in [-0.4, -0.2) is 15.5 Å². The average Bonchev–Trinajstić information content (AvgIpc) is 3.14. The first-order valence-electron chi connectivity index (χ1n) is 7.35. The lowest BCUT2D eigenvalue weighted by molar-refractivity contribution is 0.465. The number of nitrogens with zero attached hydrogens (tertiary/aromatic N) is 3. The predicted octanol–water partition coefficient (Wildman–Crippen LogP) is 3.07. The van der Waals surface area contributed by atoms with Crippen LogP contribution in [0.15, 0.2) is 64.0 Å². The van der Waals surface area contributed by atoms with E-state index < -0.39 is 0 Å². The minimum Gasteiger partial charge on any atom is -0.457 e. The van der Waals surface area contributed by atoms with Crippen LogP contribution < -0.4 is 11.1 Å². The average molecular weight is 303 g/mol. The maximum Gasteiger partial charge on any atom is 0.212 e. The van der Waals surface area contributed by atoms with E-state index in [1.165, 1.54) is 0 Å². The first kappa shape index (κ1) is 12.3. The van der Waals surface area contributed by atoms with Crippen LogP contribution in [0.25, 0.3) is 22.0 Å². The minimum atomic E-state index is -0.369. The molecule has 1 atom stereocenters. The zero-order valence-electron chi connectivity index (χ0n) is 12.1. The Kier molecular flexibility index (Phi) is 2.33. The molecule has 3 heterocycles. The summed E-state index contributed by atoms with van der Waals surface area (Å²) >= 11 is 0. The van der Waals surface area contributed by atoms with Gasteiger partial charge in [0, 0.05) is 5.39 Å². The fraction of sp³-hybridized carbons (Fsp3) is 0.0588. The number of benzene rings is 2. The summed E-state index contributed by atoms with van der Waals surface area (Å²) in [4.78, 5) is 9.11. The Morgan fingerprint density at radius 1 is 1.09 bits per heavy atom. The summed E-state index contributed by atoms with van der Waals surface area (Å²) in [7, 11) is 0. The zero-order chi connectivity index (χ0) is 15.4. The smallest absolute Gasteiger partial charge is 0.212 e. The number of hydrogen-bond acceptors (Lipinski definition) is 5. The van der Waals surface area contributed by atoms with Gasteiger partial charge in [-0.15, -0.1) is 0 Å². The van der Waals surface area contributed by atoms with Gasteiger partial charge < -0.3 is 10.2 Å². The third-order valence-corrected chi connectivity index (χ3v) is 4.04. The first-order chi connectivity index (χ1) is 11.3. The molecule has 1 aliphatic rings. The van der Waals surface area contributed by atoms with Crippen LogP contribution in [0.1, 0.15) is 11.9 Å². The number of aliphatic imine (C=N–C) groups is 1. The summed E-state index contributed by atoms with van der Waals surface area (Å²) in [6.45, 7) is 0. The van der Waals surface area contributed by atoms with Crippen molar-refractivity contribution in [3.8, 4) is 0 Å². The van der Waals surface area contributed by atoms with Crippen LogP contribution in [0.3, 0.4) is 0 Å². The number of nitrogens with one attached hydrogen (secondary N) is 1. The third-order valence-electron chi connectivity index (χ3n) is 4.04. The van der Waals surface area contributed by atoms with E-state index in [4.69, 9.17) is 10.2 Å². The molecule has 0 spiro atoms. The second-order valence-electron chi connectivity index (χ2n) is 5.49. The molecule has 0 unspecified atom stereocenters. The molecule has 1 aliphatic heterocycles. The number of furan rings is 1. The number of para-hydroxylation sites is 3. The van der Waals surface area contributed by atoms with Crippen molar-refractivity contribution in [3.63, 3.8) is 0 Å².